The van der Waals surface area contributed by atoms with Gasteiger partial charge in [0.2, 0.25) is 5.91 Å². The third-order valence-electron chi connectivity index (χ3n) is 6.92. The first-order valence-corrected chi connectivity index (χ1v) is 12.0. The molecule has 1 atom stereocenters. The van der Waals surface area contributed by atoms with Crippen LogP contribution in [0.1, 0.15) is 39.2 Å². The van der Waals surface area contributed by atoms with E-state index in [1.54, 1.807) is 17.0 Å². The van der Waals surface area contributed by atoms with Gasteiger partial charge in [0, 0.05) is 45.7 Å². The fourth-order valence-corrected chi connectivity index (χ4v) is 5.00. The van der Waals surface area contributed by atoms with Crippen molar-refractivity contribution >= 4 is 11.8 Å². The van der Waals surface area contributed by atoms with Crippen molar-refractivity contribution in [1.82, 2.24) is 14.7 Å². The molecule has 0 N–H and O–H groups in total. The summed E-state index contributed by atoms with van der Waals surface area (Å²) in [5.74, 6) is 0.00592. The standard InChI is InChI=1S/C28H28N4O3/c29-18-21-8-10-22(11-9-21)19-30-12-4-13-31(15-14-30)27(33)25-17-23-5-1-2-6-24(23)20-32(25)28(34)26-7-3-16-35-26/h1-3,5-11,16,25H,4,12-15,17,19-20H2. The van der Waals surface area contributed by atoms with Crippen molar-refractivity contribution in [2.75, 3.05) is 26.2 Å². The molecule has 178 valence electrons. The van der Waals surface area contributed by atoms with Gasteiger partial charge in [-0.15, -0.1) is 0 Å². The molecule has 2 aliphatic rings. The highest BCUT2D eigenvalue weighted by atomic mass is 16.3. The van der Waals surface area contributed by atoms with Gasteiger partial charge in [0.25, 0.3) is 5.91 Å². The number of carbonyl (C=O) groups is 2. The minimum Gasteiger partial charge on any atom is -0.459 e. The zero-order valence-electron chi connectivity index (χ0n) is 19.6. The van der Waals surface area contributed by atoms with Crippen LogP contribution in [-0.2, 0) is 24.3 Å². The summed E-state index contributed by atoms with van der Waals surface area (Å²) in [5, 5.41) is 9.01. The molecule has 0 saturated carbocycles. The van der Waals surface area contributed by atoms with Crippen molar-refractivity contribution in [3.05, 3.63) is 94.9 Å². The summed E-state index contributed by atoms with van der Waals surface area (Å²) in [7, 11) is 0. The van der Waals surface area contributed by atoms with Crippen molar-refractivity contribution in [2.24, 2.45) is 0 Å². The molecule has 35 heavy (non-hydrogen) atoms. The number of hydrogen-bond acceptors (Lipinski definition) is 5. The SMILES string of the molecule is N#Cc1ccc(CN2CCCN(C(=O)C3Cc4ccccc4CN3C(=O)c3ccco3)CC2)cc1. The van der Waals surface area contributed by atoms with E-state index in [0.717, 1.165) is 42.7 Å². The molecule has 1 fully saturated rings. The Labute approximate surface area is 205 Å². The molecule has 3 aromatic rings. The van der Waals surface area contributed by atoms with E-state index in [0.29, 0.717) is 31.6 Å². The van der Waals surface area contributed by atoms with Gasteiger partial charge < -0.3 is 14.2 Å². The van der Waals surface area contributed by atoms with Gasteiger partial charge in [-0.2, -0.15) is 5.26 Å². The minimum atomic E-state index is -0.549. The number of amides is 2. The molecule has 0 spiro atoms. The van der Waals surface area contributed by atoms with Crippen molar-refractivity contribution in [2.45, 2.75) is 32.0 Å². The molecule has 0 bridgehead atoms. The lowest BCUT2D eigenvalue weighted by molar-refractivity contribution is -0.136. The average Bonchev–Trinajstić information content (AvgIpc) is 3.34. The number of nitriles is 1. The van der Waals surface area contributed by atoms with E-state index in [1.807, 2.05) is 53.4 Å². The van der Waals surface area contributed by atoms with Gasteiger partial charge in [-0.1, -0.05) is 36.4 Å². The smallest absolute Gasteiger partial charge is 0.290 e. The topological polar surface area (TPSA) is 80.8 Å². The number of nitrogens with zero attached hydrogens (tertiary/aromatic N) is 4. The fraction of sp³-hybridized carbons (Fsp3) is 0.321. The van der Waals surface area contributed by atoms with Gasteiger partial charge in [-0.05, 0) is 47.4 Å². The van der Waals surface area contributed by atoms with Crippen molar-refractivity contribution in [3.8, 4) is 6.07 Å². The summed E-state index contributed by atoms with van der Waals surface area (Å²) in [6.07, 6.45) is 2.86. The van der Waals surface area contributed by atoms with Crippen LogP contribution < -0.4 is 0 Å². The maximum atomic E-state index is 13.8. The van der Waals surface area contributed by atoms with E-state index < -0.39 is 6.04 Å². The highest BCUT2D eigenvalue weighted by Crippen LogP contribution is 2.27. The van der Waals surface area contributed by atoms with Crippen molar-refractivity contribution in [3.63, 3.8) is 0 Å². The average molecular weight is 469 g/mol. The molecule has 2 amide bonds. The van der Waals surface area contributed by atoms with Crippen LogP contribution in [0.3, 0.4) is 0 Å². The Morgan fingerprint density at radius 1 is 0.943 bits per heavy atom. The molecule has 5 rings (SSSR count). The first kappa shape index (κ1) is 22.9. The summed E-state index contributed by atoms with van der Waals surface area (Å²) in [4.78, 5) is 33.0. The molecule has 3 heterocycles. The van der Waals surface area contributed by atoms with Crippen LogP contribution in [0.25, 0.3) is 0 Å². The summed E-state index contributed by atoms with van der Waals surface area (Å²) in [6.45, 7) is 4.13. The highest BCUT2D eigenvalue weighted by Gasteiger charge is 2.38. The van der Waals surface area contributed by atoms with E-state index in [9.17, 15) is 9.59 Å². The predicted molar refractivity (Wildman–Crippen MR) is 130 cm³/mol. The Kier molecular flexibility index (Phi) is 6.64. The number of carbonyl (C=O) groups excluding carboxylic acids is 2. The highest BCUT2D eigenvalue weighted by molar-refractivity contribution is 5.96. The second-order valence-corrected chi connectivity index (χ2v) is 9.16. The van der Waals surface area contributed by atoms with E-state index in [1.165, 1.54) is 6.26 Å². The Hall–Kier alpha value is -3.89. The molecule has 0 aliphatic carbocycles. The van der Waals surface area contributed by atoms with Gasteiger partial charge in [-0.3, -0.25) is 14.5 Å². The molecule has 1 saturated heterocycles. The lowest BCUT2D eigenvalue weighted by Gasteiger charge is -2.38. The number of benzene rings is 2. The van der Waals surface area contributed by atoms with Crippen molar-refractivity contribution in [1.29, 1.82) is 5.26 Å². The minimum absolute atomic E-state index is 0.000340. The quantitative estimate of drug-likeness (QED) is 0.586. The molecule has 7 heteroatoms. The fourth-order valence-electron chi connectivity index (χ4n) is 5.00. The zero-order valence-corrected chi connectivity index (χ0v) is 19.6. The van der Waals surface area contributed by atoms with Gasteiger partial charge in [0.1, 0.15) is 6.04 Å². The maximum Gasteiger partial charge on any atom is 0.290 e. The van der Waals surface area contributed by atoms with E-state index in [2.05, 4.69) is 11.0 Å². The Balaban J connectivity index is 1.30. The van der Waals surface area contributed by atoms with Crippen LogP contribution in [0.5, 0.6) is 0 Å². The first-order valence-electron chi connectivity index (χ1n) is 12.0. The predicted octanol–water partition coefficient (Wildman–Crippen LogP) is 3.45. The Morgan fingerprint density at radius 3 is 2.49 bits per heavy atom. The number of hydrogen-bond donors (Lipinski definition) is 0. The number of rotatable bonds is 4. The molecule has 2 aliphatic heterocycles. The first-order chi connectivity index (χ1) is 17.1. The monoisotopic (exact) mass is 468 g/mol. The molecular weight excluding hydrogens is 440 g/mol. The van der Waals surface area contributed by atoms with Gasteiger partial charge in [-0.25, -0.2) is 0 Å². The van der Waals surface area contributed by atoms with Crippen LogP contribution in [0, 0.1) is 11.3 Å². The molecular formula is C28H28N4O3. The van der Waals surface area contributed by atoms with Crippen LogP contribution in [0.4, 0.5) is 0 Å². The van der Waals surface area contributed by atoms with Crippen molar-refractivity contribution < 1.29 is 14.0 Å². The van der Waals surface area contributed by atoms with Crippen LogP contribution in [0.15, 0.2) is 71.3 Å². The third kappa shape index (κ3) is 4.98. The van der Waals surface area contributed by atoms with Crippen LogP contribution in [-0.4, -0.2) is 58.7 Å². The van der Waals surface area contributed by atoms with Gasteiger partial charge in [0.05, 0.1) is 17.9 Å². The van der Waals surface area contributed by atoms with E-state index in [-0.39, 0.29) is 17.6 Å². The summed E-state index contributed by atoms with van der Waals surface area (Å²) >= 11 is 0. The maximum absolute atomic E-state index is 13.8. The lowest BCUT2D eigenvalue weighted by Crippen LogP contribution is -2.54. The Bertz CT molecular complexity index is 1230. The van der Waals surface area contributed by atoms with E-state index >= 15 is 0 Å². The zero-order chi connectivity index (χ0) is 24.2. The summed E-state index contributed by atoms with van der Waals surface area (Å²) in [5.41, 5.74) is 4.00. The normalized spacial score (nSPS) is 18.4. The molecule has 2 aromatic carbocycles. The second-order valence-electron chi connectivity index (χ2n) is 9.16. The molecule has 0 radical (unpaired) electrons. The molecule has 7 nitrogen and oxygen atoms in total. The summed E-state index contributed by atoms with van der Waals surface area (Å²) in [6, 6.07) is 20.6. The second kappa shape index (κ2) is 10.2. The van der Waals surface area contributed by atoms with Crippen LogP contribution in [0.2, 0.25) is 0 Å². The summed E-state index contributed by atoms with van der Waals surface area (Å²) < 4.78 is 5.37. The Morgan fingerprint density at radius 2 is 1.74 bits per heavy atom. The van der Waals surface area contributed by atoms with E-state index in [4.69, 9.17) is 9.68 Å². The van der Waals surface area contributed by atoms with Gasteiger partial charge in [0.15, 0.2) is 5.76 Å². The number of furan rings is 1. The number of fused-ring (bicyclic) bond motifs is 1. The van der Waals surface area contributed by atoms with Crippen LogP contribution >= 0.6 is 0 Å². The largest absolute Gasteiger partial charge is 0.459 e. The third-order valence-corrected chi connectivity index (χ3v) is 6.92. The lowest BCUT2D eigenvalue weighted by atomic mass is 9.92. The van der Waals surface area contributed by atoms with Gasteiger partial charge >= 0.3 is 0 Å². The molecule has 1 aromatic heterocycles. The molecule has 1 unspecified atom stereocenters.